The van der Waals surface area contributed by atoms with E-state index in [4.69, 9.17) is 5.73 Å². The fraction of sp³-hybridized carbons (Fsp3) is 0.500. The van der Waals surface area contributed by atoms with Gasteiger partial charge in [0.1, 0.15) is 0 Å². The molecule has 14 heavy (non-hydrogen) atoms. The van der Waals surface area contributed by atoms with Crippen molar-refractivity contribution >= 4 is 5.69 Å². The van der Waals surface area contributed by atoms with Crippen LogP contribution >= 0.6 is 0 Å². The molecule has 0 atom stereocenters. The molecule has 2 nitrogen and oxygen atoms in total. The first kappa shape index (κ1) is 11.1. The van der Waals surface area contributed by atoms with Gasteiger partial charge >= 0.3 is 0 Å². The summed E-state index contributed by atoms with van der Waals surface area (Å²) in [5, 5.41) is 3.50. The van der Waals surface area contributed by atoms with Crippen molar-refractivity contribution in [1.82, 2.24) is 5.32 Å². The molecule has 0 amide bonds. The Morgan fingerprint density at radius 2 is 1.79 bits per heavy atom. The molecule has 3 N–H and O–H groups in total. The largest absolute Gasteiger partial charge is 0.399 e. The highest BCUT2D eigenvalue weighted by Crippen LogP contribution is 2.10. The maximum absolute atomic E-state index is 5.61. The quantitative estimate of drug-likeness (QED) is 0.719. The average molecular weight is 192 g/mol. The van der Waals surface area contributed by atoms with Crippen LogP contribution in [0.3, 0.4) is 0 Å². The maximum atomic E-state index is 5.61. The zero-order chi connectivity index (χ0) is 10.6. The molecule has 0 unspecified atom stereocenters. The Morgan fingerprint density at radius 3 is 2.29 bits per heavy atom. The van der Waals surface area contributed by atoms with E-state index in [9.17, 15) is 0 Å². The molecule has 0 spiro atoms. The first-order valence-corrected chi connectivity index (χ1v) is 5.13. The Kier molecular flexibility index (Phi) is 3.53. The predicted octanol–water partition coefficient (Wildman–Crippen LogP) is 2.55. The summed E-state index contributed by atoms with van der Waals surface area (Å²) in [6.07, 6.45) is 1.13. The summed E-state index contributed by atoms with van der Waals surface area (Å²) in [6, 6.07) is 8.01. The highest BCUT2D eigenvalue weighted by molar-refractivity contribution is 5.39. The van der Waals surface area contributed by atoms with E-state index < -0.39 is 0 Å². The lowest BCUT2D eigenvalue weighted by Crippen LogP contribution is -2.37. The fourth-order valence-corrected chi connectivity index (χ4v) is 1.10. The molecule has 0 heterocycles. The van der Waals surface area contributed by atoms with E-state index in [-0.39, 0.29) is 5.54 Å². The van der Waals surface area contributed by atoms with Crippen molar-refractivity contribution in [2.24, 2.45) is 0 Å². The van der Waals surface area contributed by atoms with Gasteiger partial charge in [-0.05, 0) is 38.0 Å². The minimum Gasteiger partial charge on any atom is -0.399 e. The lowest BCUT2D eigenvalue weighted by molar-refractivity contribution is 0.374. The third-order valence-corrected chi connectivity index (χ3v) is 2.63. The highest BCUT2D eigenvalue weighted by atomic mass is 14.9. The van der Waals surface area contributed by atoms with E-state index in [0.717, 1.165) is 18.7 Å². The maximum Gasteiger partial charge on any atom is 0.0314 e. The van der Waals surface area contributed by atoms with Crippen molar-refractivity contribution in [3.05, 3.63) is 29.8 Å². The molecular formula is C12H20N2. The number of nitrogens with two attached hydrogens (primary N) is 1. The van der Waals surface area contributed by atoms with E-state index in [1.165, 1.54) is 5.56 Å². The molecule has 2 heteroatoms. The van der Waals surface area contributed by atoms with Crippen LogP contribution in [0.25, 0.3) is 0 Å². The Morgan fingerprint density at radius 1 is 1.21 bits per heavy atom. The number of anilines is 1. The van der Waals surface area contributed by atoms with Gasteiger partial charge in [0, 0.05) is 17.8 Å². The molecule has 0 aliphatic carbocycles. The van der Waals surface area contributed by atoms with Crippen LogP contribution in [0.1, 0.15) is 32.8 Å². The van der Waals surface area contributed by atoms with Crippen molar-refractivity contribution in [1.29, 1.82) is 0 Å². The topological polar surface area (TPSA) is 38.0 Å². The van der Waals surface area contributed by atoms with E-state index in [1.54, 1.807) is 0 Å². The Bertz CT molecular complexity index is 275. The van der Waals surface area contributed by atoms with Crippen molar-refractivity contribution < 1.29 is 0 Å². The SMILES string of the molecule is CCC(C)(C)NCc1ccc(N)cc1. The van der Waals surface area contributed by atoms with Gasteiger partial charge in [0.05, 0.1) is 0 Å². The van der Waals surface area contributed by atoms with Gasteiger partial charge in [-0.1, -0.05) is 19.1 Å². The fourth-order valence-electron chi connectivity index (χ4n) is 1.10. The number of hydrogen-bond donors (Lipinski definition) is 2. The number of hydrogen-bond acceptors (Lipinski definition) is 2. The molecule has 0 aromatic heterocycles. The molecule has 0 aliphatic heterocycles. The lowest BCUT2D eigenvalue weighted by atomic mass is 10.0. The number of nitrogens with one attached hydrogen (secondary N) is 1. The van der Waals surface area contributed by atoms with E-state index in [2.05, 4.69) is 38.2 Å². The molecule has 1 aromatic rings. The molecule has 0 saturated carbocycles. The molecule has 0 saturated heterocycles. The summed E-state index contributed by atoms with van der Waals surface area (Å²) in [7, 11) is 0. The first-order chi connectivity index (χ1) is 6.53. The zero-order valence-electron chi connectivity index (χ0n) is 9.30. The molecule has 78 valence electrons. The van der Waals surface area contributed by atoms with Crippen LogP contribution in [-0.2, 0) is 6.54 Å². The minimum atomic E-state index is 0.210. The summed E-state index contributed by atoms with van der Waals surface area (Å²) in [6.45, 7) is 7.52. The van der Waals surface area contributed by atoms with Crippen LogP contribution in [0.2, 0.25) is 0 Å². The monoisotopic (exact) mass is 192 g/mol. The molecule has 0 radical (unpaired) electrons. The molecule has 0 bridgehead atoms. The predicted molar refractivity (Wildman–Crippen MR) is 62.1 cm³/mol. The van der Waals surface area contributed by atoms with Crippen LogP contribution in [0.15, 0.2) is 24.3 Å². The smallest absolute Gasteiger partial charge is 0.0314 e. The molecular weight excluding hydrogens is 172 g/mol. The van der Waals surface area contributed by atoms with Gasteiger partial charge in [0.25, 0.3) is 0 Å². The van der Waals surface area contributed by atoms with Gasteiger partial charge in [-0.2, -0.15) is 0 Å². The Balaban J connectivity index is 2.50. The van der Waals surface area contributed by atoms with Crippen LogP contribution in [0.4, 0.5) is 5.69 Å². The second-order valence-corrected chi connectivity index (χ2v) is 4.33. The Labute approximate surface area is 86.5 Å². The van der Waals surface area contributed by atoms with Gasteiger partial charge in [-0.25, -0.2) is 0 Å². The molecule has 0 aliphatic rings. The third-order valence-electron chi connectivity index (χ3n) is 2.63. The van der Waals surface area contributed by atoms with Gasteiger partial charge < -0.3 is 11.1 Å². The molecule has 0 fully saturated rings. The van der Waals surface area contributed by atoms with Gasteiger partial charge in [-0.3, -0.25) is 0 Å². The lowest BCUT2D eigenvalue weighted by Gasteiger charge is -2.24. The average Bonchev–Trinajstić information content (AvgIpc) is 2.17. The van der Waals surface area contributed by atoms with E-state index in [1.807, 2.05) is 12.1 Å². The van der Waals surface area contributed by atoms with Crippen molar-refractivity contribution in [2.75, 3.05) is 5.73 Å². The summed E-state index contributed by atoms with van der Waals surface area (Å²) >= 11 is 0. The number of nitrogen functional groups attached to an aromatic ring is 1. The van der Waals surface area contributed by atoms with Crippen LogP contribution < -0.4 is 11.1 Å². The van der Waals surface area contributed by atoms with Crippen molar-refractivity contribution in [3.63, 3.8) is 0 Å². The van der Waals surface area contributed by atoms with Gasteiger partial charge in [0.15, 0.2) is 0 Å². The normalized spacial score (nSPS) is 11.6. The van der Waals surface area contributed by atoms with Crippen LogP contribution in [-0.4, -0.2) is 5.54 Å². The van der Waals surface area contributed by atoms with Crippen LogP contribution in [0.5, 0.6) is 0 Å². The summed E-state index contributed by atoms with van der Waals surface area (Å²) in [5.41, 5.74) is 7.93. The highest BCUT2D eigenvalue weighted by Gasteiger charge is 2.12. The summed E-state index contributed by atoms with van der Waals surface area (Å²) < 4.78 is 0. The van der Waals surface area contributed by atoms with Crippen molar-refractivity contribution in [3.8, 4) is 0 Å². The van der Waals surface area contributed by atoms with E-state index >= 15 is 0 Å². The second kappa shape index (κ2) is 4.47. The summed E-state index contributed by atoms with van der Waals surface area (Å²) in [5.74, 6) is 0. The summed E-state index contributed by atoms with van der Waals surface area (Å²) in [4.78, 5) is 0. The van der Waals surface area contributed by atoms with Gasteiger partial charge in [-0.15, -0.1) is 0 Å². The Hall–Kier alpha value is -1.02. The standard InChI is InChI=1S/C12H20N2/c1-4-12(2,3)14-9-10-5-7-11(13)8-6-10/h5-8,14H,4,9,13H2,1-3H3. The first-order valence-electron chi connectivity index (χ1n) is 5.13. The molecule has 1 aromatic carbocycles. The number of benzene rings is 1. The van der Waals surface area contributed by atoms with Gasteiger partial charge in [0.2, 0.25) is 0 Å². The number of rotatable bonds is 4. The van der Waals surface area contributed by atoms with Crippen molar-refractivity contribution in [2.45, 2.75) is 39.3 Å². The van der Waals surface area contributed by atoms with Crippen LogP contribution in [0, 0.1) is 0 Å². The second-order valence-electron chi connectivity index (χ2n) is 4.33. The zero-order valence-corrected chi connectivity index (χ0v) is 9.30. The third kappa shape index (κ3) is 3.38. The minimum absolute atomic E-state index is 0.210. The van der Waals surface area contributed by atoms with E-state index in [0.29, 0.717) is 0 Å². The molecule has 1 rings (SSSR count).